The molecule has 2 aromatic carbocycles. The minimum Gasteiger partial charge on any atom is -0.480 e. The van der Waals surface area contributed by atoms with E-state index >= 15 is 0 Å². The summed E-state index contributed by atoms with van der Waals surface area (Å²) >= 11 is 0. The number of aliphatic carboxylic acids is 1. The lowest BCUT2D eigenvalue weighted by Gasteiger charge is -2.28. The summed E-state index contributed by atoms with van der Waals surface area (Å²) < 4.78 is 38.1. The van der Waals surface area contributed by atoms with Gasteiger partial charge in [0.25, 0.3) is 0 Å². The molecule has 0 spiro atoms. The molecule has 2 aromatic rings. The van der Waals surface area contributed by atoms with Crippen LogP contribution in [0.1, 0.15) is 30.0 Å². The Kier molecular flexibility index (Phi) is 6.26. The quantitative estimate of drug-likeness (QED) is 0.723. The van der Waals surface area contributed by atoms with Crippen molar-refractivity contribution in [2.75, 3.05) is 5.73 Å². The zero-order chi connectivity index (χ0) is 19.3. The van der Waals surface area contributed by atoms with E-state index < -0.39 is 23.8 Å². The first kappa shape index (κ1) is 19.8. The van der Waals surface area contributed by atoms with Crippen molar-refractivity contribution in [3.05, 3.63) is 65.2 Å². The minimum absolute atomic E-state index is 0.229. The molecule has 140 valence electrons. The lowest BCUT2D eigenvalue weighted by molar-refractivity contribution is -0.144. The van der Waals surface area contributed by atoms with Crippen molar-refractivity contribution in [2.24, 2.45) is 0 Å². The van der Waals surface area contributed by atoms with Gasteiger partial charge in [0.15, 0.2) is 0 Å². The van der Waals surface area contributed by atoms with Crippen LogP contribution in [0, 0.1) is 0 Å². The zero-order valence-electron chi connectivity index (χ0n) is 14.3. The van der Waals surface area contributed by atoms with E-state index in [1.807, 2.05) is 12.1 Å². The monoisotopic (exact) mass is 366 g/mol. The van der Waals surface area contributed by atoms with Gasteiger partial charge in [-0.1, -0.05) is 31.2 Å². The molecule has 2 rings (SSSR count). The van der Waals surface area contributed by atoms with E-state index in [1.165, 1.54) is 12.1 Å². The van der Waals surface area contributed by atoms with Gasteiger partial charge in [0, 0.05) is 18.8 Å². The molecule has 0 heterocycles. The SMILES string of the molecule is CCC(C(=O)O)N(Cc1ccc(N)cc1)Cc1ccc(C(F)(F)F)cc1. The van der Waals surface area contributed by atoms with Crippen LogP contribution in [-0.4, -0.2) is 22.0 Å². The minimum atomic E-state index is -4.39. The Bertz CT molecular complexity index is 728. The topological polar surface area (TPSA) is 66.6 Å². The first-order valence-corrected chi connectivity index (χ1v) is 8.18. The standard InChI is InChI=1S/C19H21F3N2O2/c1-2-17(18(25)26)24(12-14-5-9-16(23)10-6-14)11-13-3-7-15(8-4-13)19(20,21)22/h3-10,17H,2,11-12,23H2,1H3,(H,25,26). The number of anilines is 1. The van der Waals surface area contributed by atoms with Crippen molar-refractivity contribution < 1.29 is 23.1 Å². The highest BCUT2D eigenvalue weighted by molar-refractivity contribution is 5.73. The maximum atomic E-state index is 12.7. The van der Waals surface area contributed by atoms with Crippen LogP contribution in [0.3, 0.4) is 0 Å². The zero-order valence-corrected chi connectivity index (χ0v) is 14.3. The molecule has 0 aliphatic rings. The lowest BCUT2D eigenvalue weighted by atomic mass is 10.1. The second-order valence-electron chi connectivity index (χ2n) is 6.10. The Morgan fingerprint density at radius 1 is 1.04 bits per heavy atom. The molecule has 7 heteroatoms. The summed E-state index contributed by atoms with van der Waals surface area (Å²) in [5.74, 6) is -0.963. The van der Waals surface area contributed by atoms with Gasteiger partial charge in [-0.15, -0.1) is 0 Å². The number of benzene rings is 2. The van der Waals surface area contributed by atoms with Gasteiger partial charge in [-0.25, -0.2) is 0 Å². The molecule has 1 unspecified atom stereocenters. The van der Waals surface area contributed by atoms with Crippen LogP contribution in [0.2, 0.25) is 0 Å². The van der Waals surface area contributed by atoms with Gasteiger partial charge in [0.05, 0.1) is 5.56 Å². The maximum Gasteiger partial charge on any atom is 0.416 e. The van der Waals surface area contributed by atoms with Crippen molar-refractivity contribution in [3.63, 3.8) is 0 Å². The van der Waals surface area contributed by atoms with Gasteiger partial charge < -0.3 is 10.8 Å². The molecule has 4 nitrogen and oxygen atoms in total. The first-order chi connectivity index (χ1) is 12.2. The predicted octanol–water partition coefficient (Wildman–Crippen LogP) is 4.15. The highest BCUT2D eigenvalue weighted by Crippen LogP contribution is 2.29. The molecule has 0 amide bonds. The Hall–Kier alpha value is -2.54. The second kappa shape index (κ2) is 8.23. The first-order valence-electron chi connectivity index (χ1n) is 8.18. The van der Waals surface area contributed by atoms with E-state index in [9.17, 15) is 23.1 Å². The van der Waals surface area contributed by atoms with Crippen LogP contribution < -0.4 is 5.73 Å². The largest absolute Gasteiger partial charge is 0.480 e. The summed E-state index contributed by atoms with van der Waals surface area (Å²) in [5.41, 5.74) is 7.04. The van der Waals surface area contributed by atoms with Crippen LogP contribution in [0.15, 0.2) is 48.5 Å². The normalized spacial score (nSPS) is 13.0. The Morgan fingerprint density at radius 2 is 1.50 bits per heavy atom. The summed E-state index contributed by atoms with van der Waals surface area (Å²) in [4.78, 5) is 13.3. The molecule has 0 saturated carbocycles. The number of carbonyl (C=O) groups is 1. The second-order valence-corrected chi connectivity index (χ2v) is 6.10. The van der Waals surface area contributed by atoms with Gasteiger partial charge >= 0.3 is 12.1 Å². The Labute approximate surface area is 150 Å². The predicted molar refractivity (Wildman–Crippen MR) is 93.3 cm³/mol. The fourth-order valence-corrected chi connectivity index (χ4v) is 2.76. The Balaban J connectivity index is 2.23. The summed E-state index contributed by atoms with van der Waals surface area (Å²) in [5, 5.41) is 9.48. The average molecular weight is 366 g/mol. The molecular formula is C19H21F3N2O2. The van der Waals surface area contributed by atoms with Gasteiger partial charge in [0.2, 0.25) is 0 Å². The number of nitrogen functional groups attached to an aromatic ring is 1. The molecule has 0 aliphatic heterocycles. The fourth-order valence-electron chi connectivity index (χ4n) is 2.76. The van der Waals surface area contributed by atoms with Gasteiger partial charge in [-0.05, 0) is 41.8 Å². The van der Waals surface area contributed by atoms with E-state index in [1.54, 1.807) is 24.0 Å². The third-order valence-electron chi connectivity index (χ3n) is 4.14. The highest BCUT2D eigenvalue weighted by atomic mass is 19.4. The van der Waals surface area contributed by atoms with Gasteiger partial charge in [0.1, 0.15) is 6.04 Å². The van der Waals surface area contributed by atoms with E-state index in [0.717, 1.165) is 17.7 Å². The van der Waals surface area contributed by atoms with Crippen LogP contribution >= 0.6 is 0 Å². The number of nitrogens with two attached hydrogens (primary N) is 1. The van der Waals surface area contributed by atoms with E-state index in [2.05, 4.69) is 0 Å². The lowest BCUT2D eigenvalue weighted by Crippen LogP contribution is -2.39. The maximum absolute atomic E-state index is 12.7. The summed E-state index contributed by atoms with van der Waals surface area (Å²) in [6, 6.07) is 11.1. The number of carboxylic acids is 1. The van der Waals surface area contributed by atoms with Crippen LogP contribution in [0.4, 0.5) is 18.9 Å². The van der Waals surface area contributed by atoms with Crippen molar-refractivity contribution in [1.29, 1.82) is 0 Å². The molecule has 0 radical (unpaired) electrons. The molecule has 26 heavy (non-hydrogen) atoms. The molecule has 0 bridgehead atoms. The smallest absolute Gasteiger partial charge is 0.416 e. The summed E-state index contributed by atoms with van der Waals surface area (Å²) in [7, 11) is 0. The third kappa shape index (κ3) is 5.23. The highest BCUT2D eigenvalue weighted by Gasteiger charge is 2.30. The van der Waals surface area contributed by atoms with Gasteiger partial charge in [-0.2, -0.15) is 13.2 Å². The van der Waals surface area contributed by atoms with Crippen molar-refractivity contribution >= 4 is 11.7 Å². The van der Waals surface area contributed by atoms with Crippen LogP contribution in [0.5, 0.6) is 0 Å². The number of alkyl halides is 3. The molecule has 0 aromatic heterocycles. The third-order valence-corrected chi connectivity index (χ3v) is 4.14. The molecule has 3 N–H and O–H groups in total. The number of hydrogen-bond donors (Lipinski definition) is 2. The molecule has 0 fully saturated rings. The number of hydrogen-bond acceptors (Lipinski definition) is 3. The average Bonchev–Trinajstić information content (AvgIpc) is 2.57. The van der Waals surface area contributed by atoms with Gasteiger partial charge in [-0.3, -0.25) is 9.69 Å². The number of nitrogens with zero attached hydrogens (tertiary/aromatic N) is 1. The molecule has 0 aliphatic carbocycles. The number of halogens is 3. The van der Waals surface area contributed by atoms with E-state index in [-0.39, 0.29) is 6.54 Å². The van der Waals surface area contributed by atoms with E-state index in [0.29, 0.717) is 24.2 Å². The van der Waals surface area contributed by atoms with Crippen LogP contribution in [-0.2, 0) is 24.1 Å². The summed E-state index contributed by atoms with van der Waals surface area (Å²) in [6.45, 7) is 2.35. The van der Waals surface area contributed by atoms with Crippen molar-refractivity contribution in [2.45, 2.75) is 38.7 Å². The van der Waals surface area contributed by atoms with Crippen molar-refractivity contribution in [3.8, 4) is 0 Å². The fraction of sp³-hybridized carbons (Fsp3) is 0.316. The molecule has 1 atom stereocenters. The van der Waals surface area contributed by atoms with E-state index in [4.69, 9.17) is 5.73 Å². The van der Waals surface area contributed by atoms with Crippen LogP contribution in [0.25, 0.3) is 0 Å². The number of carboxylic acid groups (broad SMARTS) is 1. The Morgan fingerprint density at radius 3 is 1.88 bits per heavy atom. The number of rotatable bonds is 7. The molecular weight excluding hydrogens is 345 g/mol. The van der Waals surface area contributed by atoms with Crippen molar-refractivity contribution in [1.82, 2.24) is 4.90 Å². The summed E-state index contributed by atoms with van der Waals surface area (Å²) in [6.07, 6.45) is -4.01. The molecule has 0 saturated heterocycles.